The molecule has 2 aliphatic rings. The molecule has 1 aliphatic heterocycles. The zero-order valence-corrected chi connectivity index (χ0v) is 23.4. The van der Waals surface area contributed by atoms with Gasteiger partial charge in [0.15, 0.2) is 6.10 Å². The highest BCUT2D eigenvalue weighted by molar-refractivity contribution is 6.08. The van der Waals surface area contributed by atoms with Crippen molar-refractivity contribution in [3.8, 4) is 0 Å². The molecule has 1 N–H and O–H groups in total. The molecule has 0 bridgehead atoms. The molecule has 1 fully saturated rings. The Morgan fingerprint density at radius 1 is 0.651 bits per heavy atom. The number of ether oxygens (including phenoxy) is 2. The molecular formula is C36H30O7. The molecule has 0 spiro atoms. The van der Waals surface area contributed by atoms with Crippen molar-refractivity contribution >= 4 is 45.4 Å². The maximum atomic E-state index is 11.6. The fraction of sp³-hybridized carbons (Fsp3) is 0.167. The summed E-state index contributed by atoms with van der Waals surface area (Å²) < 4.78 is 8.69. The smallest absolute Gasteiger partial charge is 0.346 e. The summed E-state index contributed by atoms with van der Waals surface area (Å²) in [5, 5.41) is 14.1. The molecule has 0 saturated carbocycles. The van der Waals surface area contributed by atoms with Crippen LogP contribution < -0.4 is 0 Å². The van der Waals surface area contributed by atoms with Gasteiger partial charge in [0.1, 0.15) is 0 Å². The number of carbonyl (C=O) groups is 4. The first-order valence-corrected chi connectivity index (χ1v) is 14.1. The molecule has 1 atom stereocenters. The van der Waals surface area contributed by atoms with Gasteiger partial charge in [0.25, 0.3) is 0 Å². The molecular weight excluding hydrogens is 544 g/mol. The summed E-state index contributed by atoms with van der Waals surface area (Å²) in [4.78, 5) is 43.3. The van der Waals surface area contributed by atoms with E-state index in [4.69, 9.17) is 9.84 Å². The monoisotopic (exact) mass is 574 g/mol. The van der Waals surface area contributed by atoms with Gasteiger partial charge in [-0.15, -0.1) is 0 Å². The third-order valence-corrected chi connectivity index (χ3v) is 7.31. The van der Waals surface area contributed by atoms with Crippen molar-refractivity contribution in [2.75, 3.05) is 0 Å². The largest absolute Gasteiger partial charge is 0.391 e. The molecule has 1 unspecified atom stereocenters. The summed E-state index contributed by atoms with van der Waals surface area (Å²) in [6, 6.07) is 34.8. The van der Waals surface area contributed by atoms with Gasteiger partial charge < -0.3 is 14.6 Å². The minimum Gasteiger partial charge on any atom is -0.391 e. The van der Waals surface area contributed by atoms with E-state index in [2.05, 4.69) is 53.3 Å². The number of benzene rings is 5. The van der Waals surface area contributed by atoms with Crippen LogP contribution in [0.1, 0.15) is 51.1 Å². The molecule has 5 aromatic rings. The minimum atomic E-state index is -1.22. The van der Waals surface area contributed by atoms with Crippen molar-refractivity contribution in [1.29, 1.82) is 0 Å². The number of carbonyl (C=O) groups excluding carboxylic acids is 4. The standard InChI is InChI=1S/C18H16.C14H10O3.C4H4O4/c1-3-7-15-13(5-1)9-11-18-16-8-4-2-6-14(16)10-12-17(15)18;15-13(11-7-3-1-4-8-11)17-14(16)12-9-5-2-6-10-12;5-2-1-3(6)8-4(2)7/h1,3,5,7,9-12H,2,4,6,8H2;1-10H;2,5H,1H2. The number of hydrogen-bond acceptors (Lipinski definition) is 7. The first kappa shape index (κ1) is 29.4. The van der Waals surface area contributed by atoms with Crippen LogP contribution >= 0.6 is 0 Å². The highest BCUT2D eigenvalue weighted by atomic mass is 16.6. The summed E-state index contributed by atoms with van der Waals surface area (Å²) in [5.41, 5.74) is 3.89. The van der Waals surface area contributed by atoms with E-state index in [1.807, 2.05) is 0 Å². The van der Waals surface area contributed by atoms with Crippen molar-refractivity contribution < 1.29 is 33.8 Å². The first-order chi connectivity index (χ1) is 20.9. The van der Waals surface area contributed by atoms with Gasteiger partial charge in [-0.25, -0.2) is 14.4 Å². The van der Waals surface area contributed by atoms with Crippen molar-refractivity contribution in [3.63, 3.8) is 0 Å². The van der Waals surface area contributed by atoms with Crippen LogP contribution in [0.4, 0.5) is 0 Å². The van der Waals surface area contributed by atoms with Crippen molar-refractivity contribution in [1.82, 2.24) is 0 Å². The maximum absolute atomic E-state index is 11.6. The Morgan fingerprint density at radius 3 is 1.81 bits per heavy atom. The Morgan fingerprint density at radius 2 is 1.23 bits per heavy atom. The second-order valence-electron chi connectivity index (χ2n) is 10.2. The molecule has 43 heavy (non-hydrogen) atoms. The summed E-state index contributed by atoms with van der Waals surface area (Å²) in [6.07, 6.45) is 3.80. The number of fused-ring (bicyclic) bond motifs is 5. The van der Waals surface area contributed by atoms with Gasteiger partial charge in [0.2, 0.25) is 0 Å². The lowest BCUT2D eigenvalue weighted by Crippen LogP contribution is -2.12. The van der Waals surface area contributed by atoms with Gasteiger partial charge in [0.05, 0.1) is 17.5 Å². The molecule has 1 heterocycles. The Kier molecular flexibility index (Phi) is 9.34. The highest BCUT2D eigenvalue weighted by Gasteiger charge is 2.31. The number of aliphatic hydroxyl groups is 1. The molecule has 0 aromatic heterocycles. The lowest BCUT2D eigenvalue weighted by Gasteiger charge is -2.18. The van der Waals surface area contributed by atoms with E-state index in [1.54, 1.807) is 71.8 Å². The molecule has 216 valence electrons. The van der Waals surface area contributed by atoms with Crippen LogP contribution in [-0.4, -0.2) is 35.1 Å². The number of aryl methyl sites for hydroxylation is 2. The molecule has 1 aliphatic carbocycles. The second kappa shape index (κ2) is 13.7. The quantitative estimate of drug-likeness (QED) is 0.148. The number of hydrogen-bond donors (Lipinski definition) is 1. The van der Waals surface area contributed by atoms with Gasteiger partial charge in [-0.05, 0) is 82.6 Å². The molecule has 0 radical (unpaired) electrons. The molecule has 1 saturated heterocycles. The molecule has 5 aromatic carbocycles. The Bertz CT molecular complexity index is 1730. The minimum absolute atomic E-state index is 0.196. The predicted octanol–water partition coefficient (Wildman–Crippen LogP) is 6.38. The van der Waals surface area contributed by atoms with E-state index in [9.17, 15) is 19.2 Å². The average Bonchev–Trinajstić information content (AvgIpc) is 3.35. The van der Waals surface area contributed by atoms with Crippen LogP contribution in [0, 0.1) is 0 Å². The first-order valence-electron chi connectivity index (χ1n) is 14.1. The van der Waals surface area contributed by atoms with Gasteiger partial charge in [-0.3, -0.25) is 4.79 Å². The maximum Gasteiger partial charge on any atom is 0.346 e. The fourth-order valence-electron chi connectivity index (χ4n) is 5.16. The van der Waals surface area contributed by atoms with Gasteiger partial charge in [-0.2, -0.15) is 0 Å². The van der Waals surface area contributed by atoms with Crippen LogP contribution in [-0.2, 0) is 31.9 Å². The number of cyclic esters (lactones) is 2. The summed E-state index contributed by atoms with van der Waals surface area (Å²) >= 11 is 0. The number of rotatable bonds is 2. The predicted molar refractivity (Wildman–Crippen MR) is 162 cm³/mol. The third-order valence-electron chi connectivity index (χ3n) is 7.31. The summed E-state index contributed by atoms with van der Waals surface area (Å²) in [5.74, 6) is -2.77. The van der Waals surface area contributed by atoms with Crippen LogP contribution in [0.2, 0.25) is 0 Å². The van der Waals surface area contributed by atoms with Crippen LogP contribution in [0.5, 0.6) is 0 Å². The average molecular weight is 575 g/mol. The highest BCUT2D eigenvalue weighted by Crippen LogP contribution is 2.33. The van der Waals surface area contributed by atoms with Gasteiger partial charge >= 0.3 is 23.9 Å². The molecule has 7 nitrogen and oxygen atoms in total. The number of aliphatic hydroxyl groups excluding tert-OH is 1. The van der Waals surface area contributed by atoms with Crippen LogP contribution in [0.15, 0.2) is 109 Å². The third kappa shape index (κ3) is 7.20. The van der Waals surface area contributed by atoms with E-state index in [-0.39, 0.29) is 6.42 Å². The van der Waals surface area contributed by atoms with Crippen molar-refractivity contribution in [2.45, 2.75) is 38.2 Å². The van der Waals surface area contributed by atoms with Crippen LogP contribution in [0.3, 0.4) is 0 Å². The normalized spacial score (nSPS) is 15.3. The lowest BCUT2D eigenvalue weighted by atomic mass is 9.86. The van der Waals surface area contributed by atoms with E-state index in [0.717, 1.165) is 0 Å². The van der Waals surface area contributed by atoms with E-state index >= 15 is 0 Å². The lowest BCUT2D eigenvalue weighted by molar-refractivity contribution is -0.154. The van der Waals surface area contributed by atoms with Crippen molar-refractivity contribution in [3.05, 3.63) is 131 Å². The topological polar surface area (TPSA) is 107 Å². The molecule has 7 rings (SSSR count). The summed E-state index contributed by atoms with van der Waals surface area (Å²) in [6.45, 7) is 0. The van der Waals surface area contributed by atoms with E-state index < -0.39 is 30.0 Å². The Labute approximate surface area is 248 Å². The number of esters is 4. The van der Waals surface area contributed by atoms with Gasteiger partial charge in [0, 0.05) is 0 Å². The van der Waals surface area contributed by atoms with Crippen LogP contribution in [0.25, 0.3) is 21.5 Å². The zero-order valence-electron chi connectivity index (χ0n) is 23.4. The Balaban J connectivity index is 0.000000138. The molecule has 7 heteroatoms. The molecule has 0 amide bonds. The van der Waals surface area contributed by atoms with Crippen molar-refractivity contribution in [2.24, 2.45) is 0 Å². The summed E-state index contributed by atoms with van der Waals surface area (Å²) in [7, 11) is 0. The van der Waals surface area contributed by atoms with Gasteiger partial charge in [-0.1, -0.05) is 84.9 Å². The second-order valence-corrected chi connectivity index (χ2v) is 10.2. The Hall–Kier alpha value is -5.14. The zero-order chi connectivity index (χ0) is 30.2. The SMILES string of the molecule is O=C(OC(=O)c1ccccc1)c1ccccc1.O=C1CC(O)C(=O)O1.c1ccc2c(c1)ccc1c3c(ccc12)CCCC3. The van der Waals surface area contributed by atoms with E-state index in [1.165, 1.54) is 47.2 Å². The fourth-order valence-corrected chi connectivity index (χ4v) is 5.16. The van der Waals surface area contributed by atoms with E-state index in [0.29, 0.717) is 11.1 Å².